The molecular formula is C15H25NO2. The summed E-state index contributed by atoms with van der Waals surface area (Å²) in [6, 6.07) is 8.24. The van der Waals surface area contributed by atoms with Crippen molar-refractivity contribution in [3.8, 4) is 5.75 Å². The van der Waals surface area contributed by atoms with Crippen LogP contribution in [0, 0.1) is 5.92 Å². The first-order valence-corrected chi connectivity index (χ1v) is 6.57. The topological polar surface area (TPSA) is 30.5 Å². The van der Waals surface area contributed by atoms with E-state index in [2.05, 4.69) is 25.2 Å². The Hall–Kier alpha value is -1.06. The number of rotatable bonds is 7. The Labute approximate surface area is 110 Å². The number of ether oxygens (including phenoxy) is 2. The average Bonchev–Trinajstić information content (AvgIpc) is 2.39. The third-order valence-corrected chi connectivity index (χ3v) is 3.13. The van der Waals surface area contributed by atoms with Gasteiger partial charge in [-0.15, -0.1) is 0 Å². The highest BCUT2D eigenvalue weighted by Crippen LogP contribution is 2.30. The molecule has 0 aromatic heterocycles. The smallest absolute Gasteiger partial charge is 0.123 e. The van der Waals surface area contributed by atoms with Gasteiger partial charge < -0.3 is 14.8 Å². The summed E-state index contributed by atoms with van der Waals surface area (Å²) in [6.45, 7) is 7.11. The van der Waals surface area contributed by atoms with Gasteiger partial charge in [-0.05, 0) is 26.0 Å². The number of benzene rings is 1. The predicted octanol–water partition coefficient (Wildman–Crippen LogP) is 3.02. The normalized spacial score (nSPS) is 14.6. The summed E-state index contributed by atoms with van der Waals surface area (Å²) in [5.74, 6) is 1.34. The van der Waals surface area contributed by atoms with E-state index in [4.69, 9.17) is 9.47 Å². The Morgan fingerprint density at radius 3 is 2.39 bits per heavy atom. The van der Waals surface area contributed by atoms with Crippen LogP contribution in [0.2, 0.25) is 0 Å². The molecule has 0 aliphatic rings. The molecule has 0 spiro atoms. The Bertz CT molecular complexity index is 352. The van der Waals surface area contributed by atoms with E-state index in [0.29, 0.717) is 5.92 Å². The largest absolute Gasteiger partial charge is 0.496 e. The lowest BCUT2D eigenvalue weighted by molar-refractivity contribution is 0.00410. The van der Waals surface area contributed by atoms with Crippen molar-refractivity contribution in [1.82, 2.24) is 5.32 Å². The van der Waals surface area contributed by atoms with Crippen LogP contribution in [0.3, 0.4) is 0 Å². The summed E-state index contributed by atoms with van der Waals surface area (Å²) in [6.07, 6.45) is 0.135. The molecule has 1 N–H and O–H groups in total. The highest BCUT2D eigenvalue weighted by atomic mass is 16.5. The van der Waals surface area contributed by atoms with E-state index in [1.54, 1.807) is 7.11 Å². The first-order valence-electron chi connectivity index (χ1n) is 6.57. The lowest BCUT2D eigenvalue weighted by atomic mass is 9.93. The molecule has 0 fully saturated rings. The van der Waals surface area contributed by atoms with E-state index in [-0.39, 0.29) is 12.1 Å². The standard InChI is InChI=1S/C15H25NO2/c1-6-18-15(11(2)3)14(16-4)12-9-7-8-10-13(12)17-5/h7-11,14-16H,6H2,1-5H3. The van der Waals surface area contributed by atoms with Crippen LogP contribution in [0.15, 0.2) is 24.3 Å². The van der Waals surface area contributed by atoms with Gasteiger partial charge in [-0.25, -0.2) is 0 Å². The maximum Gasteiger partial charge on any atom is 0.123 e. The zero-order valence-corrected chi connectivity index (χ0v) is 12.1. The molecule has 0 saturated heterocycles. The molecule has 0 aliphatic heterocycles. The zero-order chi connectivity index (χ0) is 13.5. The van der Waals surface area contributed by atoms with Gasteiger partial charge in [0.2, 0.25) is 0 Å². The third kappa shape index (κ3) is 3.47. The molecule has 1 aromatic carbocycles. The summed E-state index contributed by atoms with van der Waals surface area (Å²) in [5, 5.41) is 3.35. The van der Waals surface area contributed by atoms with Crippen molar-refractivity contribution in [2.45, 2.75) is 32.9 Å². The minimum atomic E-state index is 0.135. The van der Waals surface area contributed by atoms with E-state index in [1.165, 1.54) is 0 Å². The van der Waals surface area contributed by atoms with Crippen molar-refractivity contribution in [1.29, 1.82) is 0 Å². The molecule has 0 bridgehead atoms. The maximum absolute atomic E-state index is 5.89. The Balaban J connectivity index is 3.06. The number of hydrogen-bond acceptors (Lipinski definition) is 3. The van der Waals surface area contributed by atoms with Crippen molar-refractivity contribution in [3.05, 3.63) is 29.8 Å². The van der Waals surface area contributed by atoms with Gasteiger partial charge in [-0.1, -0.05) is 32.0 Å². The van der Waals surface area contributed by atoms with Crippen LogP contribution in [-0.4, -0.2) is 26.9 Å². The summed E-state index contributed by atoms with van der Waals surface area (Å²) < 4.78 is 11.3. The predicted molar refractivity (Wildman–Crippen MR) is 75.0 cm³/mol. The van der Waals surface area contributed by atoms with Gasteiger partial charge in [0, 0.05) is 12.2 Å². The highest BCUT2D eigenvalue weighted by molar-refractivity contribution is 5.36. The van der Waals surface area contributed by atoms with E-state index in [0.717, 1.165) is 17.9 Å². The molecule has 2 atom stereocenters. The zero-order valence-electron chi connectivity index (χ0n) is 12.1. The van der Waals surface area contributed by atoms with Gasteiger partial charge in [0.15, 0.2) is 0 Å². The second kappa shape index (κ2) is 7.39. The van der Waals surface area contributed by atoms with Crippen molar-refractivity contribution in [2.24, 2.45) is 5.92 Å². The molecule has 1 aromatic rings. The van der Waals surface area contributed by atoms with Crippen LogP contribution < -0.4 is 10.1 Å². The molecule has 18 heavy (non-hydrogen) atoms. The Kier molecular flexibility index (Phi) is 6.16. The summed E-state index contributed by atoms with van der Waals surface area (Å²) in [4.78, 5) is 0. The summed E-state index contributed by atoms with van der Waals surface area (Å²) in [7, 11) is 3.67. The van der Waals surface area contributed by atoms with E-state index >= 15 is 0 Å². The quantitative estimate of drug-likeness (QED) is 0.808. The number of likely N-dealkylation sites (N-methyl/N-ethyl adjacent to an activating group) is 1. The van der Waals surface area contributed by atoms with E-state index in [9.17, 15) is 0 Å². The fraction of sp³-hybridized carbons (Fsp3) is 0.600. The third-order valence-electron chi connectivity index (χ3n) is 3.13. The van der Waals surface area contributed by atoms with Crippen LogP contribution in [0.25, 0.3) is 0 Å². The van der Waals surface area contributed by atoms with Gasteiger partial charge in [-0.2, -0.15) is 0 Å². The van der Waals surface area contributed by atoms with Crippen LogP contribution >= 0.6 is 0 Å². The molecule has 1 rings (SSSR count). The van der Waals surface area contributed by atoms with E-state index < -0.39 is 0 Å². The van der Waals surface area contributed by atoms with Crippen LogP contribution in [-0.2, 0) is 4.74 Å². The second-order valence-electron chi connectivity index (χ2n) is 4.67. The monoisotopic (exact) mass is 251 g/mol. The van der Waals surface area contributed by atoms with Gasteiger partial charge >= 0.3 is 0 Å². The molecule has 3 nitrogen and oxygen atoms in total. The number of para-hydroxylation sites is 1. The molecule has 0 radical (unpaired) electrons. The van der Waals surface area contributed by atoms with Gasteiger partial charge in [-0.3, -0.25) is 0 Å². The number of nitrogens with one attached hydrogen (secondary N) is 1. The fourth-order valence-electron chi connectivity index (χ4n) is 2.29. The molecule has 0 saturated carbocycles. The molecule has 0 aliphatic carbocycles. The Morgan fingerprint density at radius 2 is 1.89 bits per heavy atom. The van der Waals surface area contributed by atoms with Gasteiger partial charge in [0.25, 0.3) is 0 Å². The average molecular weight is 251 g/mol. The number of methoxy groups -OCH3 is 1. The second-order valence-corrected chi connectivity index (χ2v) is 4.67. The fourth-order valence-corrected chi connectivity index (χ4v) is 2.29. The maximum atomic E-state index is 5.89. The molecule has 0 amide bonds. The molecule has 3 heteroatoms. The van der Waals surface area contributed by atoms with Gasteiger partial charge in [0.05, 0.1) is 19.3 Å². The van der Waals surface area contributed by atoms with Gasteiger partial charge in [0.1, 0.15) is 5.75 Å². The van der Waals surface area contributed by atoms with Crippen molar-refractivity contribution in [2.75, 3.05) is 20.8 Å². The lowest BCUT2D eigenvalue weighted by Gasteiger charge is -2.31. The van der Waals surface area contributed by atoms with Crippen molar-refractivity contribution < 1.29 is 9.47 Å². The molecular weight excluding hydrogens is 226 g/mol. The minimum Gasteiger partial charge on any atom is -0.496 e. The van der Waals surface area contributed by atoms with Crippen LogP contribution in [0.1, 0.15) is 32.4 Å². The number of hydrogen-bond donors (Lipinski definition) is 1. The molecule has 2 unspecified atom stereocenters. The molecule has 102 valence electrons. The summed E-state index contributed by atoms with van der Waals surface area (Å²) in [5.41, 5.74) is 1.15. The van der Waals surface area contributed by atoms with E-state index in [1.807, 2.05) is 32.2 Å². The minimum absolute atomic E-state index is 0.135. The molecule has 0 heterocycles. The first kappa shape index (κ1) is 15.0. The first-order chi connectivity index (χ1) is 8.65. The highest BCUT2D eigenvalue weighted by Gasteiger charge is 2.27. The van der Waals surface area contributed by atoms with Crippen molar-refractivity contribution >= 4 is 0 Å². The van der Waals surface area contributed by atoms with Crippen LogP contribution in [0.4, 0.5) is 0 Å². The van der Waals surface area contributed by atoms with Crippen molar-refractivity contribution in [3.63, 3.8) is 0 Å². The lowest BCUT2D eigenvalue weighted by Crippen LogP contribution is -2.35. The Morgan fingerprint density at radius 1 is 1.22 bits per heavy atom. The SMILES string of the molecule is CCOC(C(C)C)C(NC)c1ccccc1OC. The summed E-state index contributed by atoms with van der Waals surface area (Å²) >= 11 is 0. The van der Waals surface area contributed by atoms with Crippen LogP contribution in [0.5, 0.6) is 5.75 Å².